The lowest BCUT2D eigenvalue weighted by atomic mass is 9.88. The molecule has 0 saturated heterocycles. The maximum absolute atomic E-state index is 14.3. The molecule has 2 heterocycles. The minimum atomic E-state index is -0.418. The first-order valence-corrected chi connectivity index (χ1v) is 16.5. The summed E-state index contributed by atoms with van der Waals surface area (Å²) < 4.78 is 12.8. The molecule has 1 aliphatic carbocycles. The SMILES string of the molecule is C[C@@H]1CN([C@@H](C)CO)C(=O)c2cc(NC(=O)C3CCCCC3)ccc2O[C@@H](C)CCCCO[C@H]1CN(C)Cc1ccncc1. The van der Waals surface area contributed by atoms with Crippen LogP contribution in [0.25, 0.3) is 0 Å². The molecule has 2 amide bonds. The van der Waals surface area contributed by atoms with Crippen LogP contribution in [0.4, 0.5) is 5.69 Å². The number of anilines is 1. The standard InChI is InChI=1S/C35H52N4O5/c1-25-21-39(26(2)24-40)35(42)31-20-30(37-34(41)29-11-6-5-7-12-29)13-14-32(31)44-27(3)10-8-9-19-43-33(25)23-38(4)22-28-15-17-36-18-16-28/h13-18,20,25-27,29,33,40H,5-12,19,21-24H2,1-4H3,(H,37,41)/t25-,26+,27+,33+/m1/s1. The number of nitrogens with one attached hydrogen (secondary N) is 1. The molecule has 0 radical (unpaired) electrons. The number of benzene rings is 1. The van der Waals surface area contributed by atoms with Gasteiger partial charge in [0, 0.05) is 56.2 Å². The van der Waals surface area contributed by atoms with Gasteiger partial charge in [-0.1, -0.05) is 26.2 Å². The number of nitrogens with zero attached hydrogens (tertiary/aromatic N) is 3. The van der Waals surface area contributed by atoms with E-state index >= 15 is 0 Å². The Morgan fingerprint density at radius 2 is 1.82 bits per heavy atom. The second kappa shape index (κ2) is 16.9. The highest BCUT2D eigenvalue weighted by Crippen LogP contribution is 2.30. The molecular weight excluding hydrogens is 556 g/mol. The average molecular weight is 609 g/mol. The molecule has 1 aliphatic heterocycles. The molecule has 44 heavy (non-hydrogen) atoms. The maximum atomic E-state index is 14.3. The fourth-order valence-corrected chi connectivity index (χ4v) is 6.24. The first-order valence-electron chi connectivity index (χ1n) is 16.5. The van der Waals surface area contributed by atoms with Crippen molar-refractivity contribution in [3.05, 3.63) is 53.9 Å². The Balaban J connectivity index is 1.59. The number of aliphatic hydroxyl groups excluding tert-OH is 1. The van der Waals surface area contributed by atoms with Crippen molar-refractivity contribution < 1.29 is 24.2 Å². The van der Waals surface area contributed by atoms with Crippen LogP contribution in [0, 0.1) is 11.8 Å². The fourth-order valence-electron chi connectivity index (χ4n) is 6.24. The van der Waals surface area contributed by atoms with Crippen LogP contribution in [-0.4, -0.2) is 83.3 Å². The van der Waals surface area contributed by atoms with Gasteiger partial charge in [0.05, 0.1) is 30.4 Å². The Hall–Kier alpha value is -3.01. The van der Waals surface area contributed by atoms with Gasteiger partial charge in [0.1, 0.15) is 5.75 Å². The molecular formula is C35H52N4O5. The summed E-state index contributed by atoms with van der Waals surface area (Å²) >= 11 is 0. The third-order valence-electron chi connectivity index (χ3n) is 8.99. The zero-order chi connectivity index (χ0) is 31.5. The number of aromatic nitrogens is 1. The van der Waals surface area contributed by atoms with Gasteiger partial charge in [-0.15, -0.1) is 0 Å². The van der Waals surface area contributed by atoms with Gasteiger partial charge in [0.15, 0.2) is 0 Å². The Morgan fingerprint density at radius 1 is 1.09 bits per heavy atom. The lowest BCUT2D eigenvalue weighted by Gasteiger charge is -2.36. The average Bonchev–Trinajstić information content (AvgIpc) is 3.03. The molecule has 9 heteroatoms. The molecule has 1 saturated carbocycles. The third kappa shape index (κ3) is 9.74. The van der Waals surface area contributed by atoms with E-state index in [1.807, 2.05) is 32.0 Å². The van der Waals surface area contributed by atoms with Gasteiger partial charge in [-0.3, -0.25) is 19.5 Å². The molecule has 2 aliphatic rings. The van der Waals surface area contributed by atoms with Crippen molar-refractivity contribution in [2.75, 3.05) is 38.7 Å². The molecule has 0 unspecified atom stereocenters. The summed E-state index contributed by atoms with van der Waals surface area (Å²) in [5.41, 5.74) is 2.17. The lowest BCUT2D eigenvalue weighted by Crippen LogP contribution is -2.47. The van der Waals surface area contributed by atoms with Crippen molar-refractivity contribution in [1.29, 1.82) is 0 Å². The van der Waals surface area contributed by atoms with Gasteiger partial charge in [0.25, 0.3) is 5.91 Å². The van der Waals surface area contributed by atoms with E-state index in [-0.39, 0.29) is 42.5 Å². The predicted octanol–water partition coefficient (Wildman–Crippen LogP) is 5.53. The summed E-state index contributed by atoms with van der Waals surface area (Å²) in [5.74, 6) is 0.286. The van der Waals surface area contributed by atoms with E-state index in [0.29, 0.717) is 36.7 Å². The molecule has 1 fully saturated rings. The van der Waals surface area contributed by atoms with Gasteiger partial charge in [-0.2, -0.15) is 0 Å². The van der Waals surface area contributed by atoms with E-state index in [2.05, 4.69) is 29.2 Å². The number of pyridine rings is 1. The van der Waals surface area contributed by atoms with Crippen molar-refractivity contribution in [1.82, 2.24) is 14.8 Å². The van der Waals surface area contributed by atoms with E-state index < -0.39 is 6.04 Å². The summed E-state index contributed by atoms with van der Waals surface area (Å²) in [4.78, 5) is 35.5. The molecule has 242 valence electrons. The van der Waals surface area contributed by atoms with Gasteiger partial charge in [-0.05, 0) is 88.9 Å². The van der Waals surface area contributed by atoms with Crippen molar-refractivity contribution in [3.8, 4) is 5.75 Å². The normalized spacial score (nSPS) is 23.4. The van der Waals surface area contributed by atoms with E-state index in [4.69, 9.17) is 9.47 Å². The van der Waals surface area contributed by atoms with Gasteiger partial charge < -0.3 is 24.8 Å². The van der Waals surface area contributed by atoms with Crippen LogP contribution in [0.2, 0.25) is 0 Å². The predicted molar refractivity (Wildman–Crippen MR) is 173 cm³/mol. The van der Waals surface area contributed by atoms with Crippen molar-refractivity contribution >= 4 is 17.5 Å². The minimum Gasteiger partial charge on any atom is -0.490 e. The van der Waals surface area contributed by atoms with E-state index in [9.17, 15) is 14.7 Å². The van der Waals surface area contributed by atoms with Crippen molar-refractivity contribution in [3.63, 3.8) is 0 Å². The van der Waals surface area contributed by atoms with Crippen molar-refractivity contribution in [2.24, 2.45) is 11.8 Å². The highest BCUT2D eigenvalue weighted by Gasteiger charge is 2.31. The molecule has 0 bridgehead atoms. The Kier molecular flexibility index (Phi) is 13.0. The zero-order valence-electron chi connectivity index (χ0n) is 27.0. The number of hydrogen-bond acceptors (Lipinski definition) is 7. The molecule has 1 aromatic carbocycles. The van der Waals surface area contributed by atoms with Crippen LogP contribution in [0.3, 0.4) is 0 Å². The number of fused-ring (bicyclic) bond motifs is 1. The Labute approximate surface area is 263 Å². The topological polar surface area (TPSA) is 104 Å². The Bertz CT molecular complexity index is 1190. The molecule has 0 spiro atoms. The monoisotopic (exact) mass is 608 g/mol. The van der Waals surface area contributed by atoms with E-state index in [1.165, 1.54) is 12.0 Å². The number of aliphatic hydroxyl groups is 1. The lowest BCUT2D eigenvalue weighted by molar-refractivity contribution is -0.120. The molecule has 4 rings (SSSR count). The van der Waals surface area contributed by atoms with Gasteiger partial charge in [0.2, 0.25) is 5.91 Å². The number of likely N-dealkylation sites (N-methyl/N-ethyl adjacent to an activating group) is 1. The van der Waals surface area contributed by atoms with Gasteiger partial charge in [-0.25, -0.2) is 0 Å². The second-order valence-corrected chi connectivity index (χ2v) is 12.9. The number of carbonyl (C=O) groups excluding carboxylic acids is 2. The molecule has 4 atom stereocenters. The number of carbonyl (C=O) groups is 2. The third-order valence-corrected chi connectivity index (χ3v) is 8.99. The smallest absolute Gasteiger partial charge is 0.258 e. The molecule has 2 N–H and O–H groups in total. The van der Waals surface area contributed by atoms with Crippen molar-refractivity contribution in [2.45, 2.75) is 96.9 Å². The van der Waals surface area contributed by atoms with Crippen LogP contribution < -0.4 is 10.1 Å². The first kappa shape index (κ1) is 33.9. The maximum Gasteiger partial charge on any atom is 0.258 e. The highest BCUT2D eigenvalue weighted by atomic mass is 16.5. The highest BCUT2D eigenvalue weighted by molar-refractivity contribution is 6.00. The van der Waals surface area contributed by atoms with Gasteiger partial charge >= 0.3 is 0 Å². The zero-order valence-corrected chi connectivity index (χ0v) is 27.0. The molecule has 9 nitrogen and oxygen atoms in total. The molecule has 1 aromatic heterocycles. The summed E-state index contributed by atoms with van der Waals surface area (Å²) in [5, 5.41) is 13.3. The fraction of sp³-hybridized carbons (Fsp3) is 0.629. The number of ether oxygens (including phenoxy) is 2. The van der Waals surface area contributed by atoms with Crippen LogP contribution in [0.1, 0.15) is 88.1 Å². The van der Waals surface area contributed by atoms with E-state index in [1.54, 1.807) is 29.4 Å². The Morgan fingerprint density at radius 3 is 2.55 bits per heavy atom. The summed E-state index contributed by atoms with van der Waals surface area (Å²) in [7, 11) is 2.08. The largest absolute Gasteiger partial charge is 0.490 e. The quantitative estimate of drug-likeness (QED) is 0.406. The minimum absolute atomic E-state index is 0.00442. The summed E-state index contributed by atoms with van der Waals surface area (Å²) in [6.45, 7) is 8.33. The van der Waals surface area contributed by atoms with Crippen LogP contribution in [0.5, 0.6) is 5.75 Å². The number of hydrogen-bond donors (Lipinski definition) is 2. The van der Waals surface area contributed by atoms with Crippen LogP contribution in [-0.2, 0) is 16.1 Å². The summed E-state index contributed by atoms with van der Waals surface area (Å²) in [6.07, 6.45) is 11.2. The first-order chi connectivity index (χ1) is 21.2. The molecule has 2 aromatic rings. The second-order valence-electron chi connectivity index (χ2n) is 12.9. The number of rotatable bonds is 8. The van der Waals surface area contributed by atoms with Crippen LogP contribution in [0.15, 0.2) is 42.7 Å². The number of amides is 2. The van der Waals surface area contributed by atoms with Crippen LogP contribution >= 0.6 is 0 Å². The summed E-state index contributed by atoms with van der Waals surface area (Å²) in [6, 6.07) is 8.99. The van der Waals surface area contributed by atoms with E-state index in [0.717, 1.165) is 51.5 Å².